The standard InChI is InChI=1S/C20H22N2O2/c23-20-12-16(14-22(20)18-7-2-1-3-8-18)13-21-10-11-24-19-9-5-4-6-17(19)15-21/h1-9,16H,10-15H2. The second-order valence-corrected chi connectivity index (χ2v) is 6.60. The van der Waals surface area contributed by atoms with E-state index in [1.165, 1.54) is 5.56 Å². The summed E-state index contributed by atoms with van der Waals surface area (Å²) in [7, 11) is 0. The minimum Gasteiger partial charge on any atom is -0.492 e. The minimum atomic E-state index is 0.234. The first-order valence-corrected chi connectivity index (χ1v) is 8.58. The fourth-order valence-electron chi connectivity index (χ4n) is 3.66. The Labute approximate surface area is 142 Å². The van der Waals surface area contributed by atoms with Crippen LogP contribution in [0.2, 0.25) is 0 Å². The smallest absolute Gasteiger partial charge is 0.227 e. The Morgan fingerprint density at radius 1 is 1.04 bits per heavy atom. The Hall–Kier alpha value is -2.33. The van der Waals surface area contributed by atoms with Gasteiger partial charge in [0.25, 0.3) is 0 Å². The zero-order chi connectivity index (χ0) is 16.4. The van der Waals surface area contributed by atoms with E-state index in [0.29, 0.717) is 18.9 Å². The van der Waals surface area contributed by atoms with Crippen molar-refractivity contribution in [1.29, 1.82) is 0 Å². The lowest BCUT2D eigenvalue weighted by Gasteiger charge is -2.23. The average Bonchev–Trinajstić information content (AvgIpc) is 2.85. The molecule has 2 aromatic carbocycles. The fraction of sp³-hybridized carbons (Fsp3) is 0.350. The largest absolute Gasteiger partial charge is 0.492 e. The molecule has 0 spiro atoms. The topological polar surface area (TPSA) is 32.8 Å². The number of ether oxygens (including phenoxy) is 1. The molecule has 1 saturated heterocycles. The summed E-state index contributed by atoms with van der Waals surface area (Å²) in [4.78, 5) is 16.7. The van der Waals surface area contributed by atoms with Gasteiger partial charge >= 0.3 is 0 Å². The average molecular weight is 322 g/mol. The Balaban J connectivity index is 1.42. The lowest BCUT2D eigenvalue weighted by Crippen LogP contribution is -2.32. The number of carbonyl (C=O) groups is 1. The second-order valence-electron chi connectivity index (χ2n) is 6.60. The van der Waals surface area contributed by atoms with E-state index in [0.717, 1.165) is 37.6 Å². The first-order valence-electron chi connectivity index (χ1n) is 8.58. The van der Waals surface area contributed by atoms with E-state index in [2.05, 4.69) is 17.0 Å². The maximum absolute atomic E-state index is 12.4. The van der Waals surface area contributed by atoms with Crippen LogP contribution in [0.4, 0.5) is 5.69 Å². The number of nitrogens with zero attached hydrogens (tertiary/aromatic N) is 2. The van der Waals surface area contributed by atoms with Crippen LogP contribution in [0.25, 0.3) is 0 Å². The molecule has 2 aliphatic rings. The highest BCUT2D eigenvalue weighted by molar-refractivity contribution is 5.95. The molecule has 1 amide bonds. The Kier molecular flexibility index (Phi) is 4.22. The van der Waals surface area contributed by atoms with Crippen LogP contribution in [0.5, 0.6) is 5.75 Å². The summed E-state index contributed by atoms with van der Waals surface area (Å²) in [5, 5.41) is 0. The van der Waals surface area contributed by atoms with Crippen LogP contribution in [0.15, 0.2) is 54.6 Å². The monoisotopic (exact) mass is 322 g/mol. The van der Waals surface area contributed by atoms with Crippen LogP contribution in [0.1, 0.15) is 12.0 Å². The van der Waals surface area contributed by atoms with E-state index >= 15 is 0 Å². The van der Waals surface area contributed by atoms with Gasteiger partial charge in [0.1, 0.15) is 12.4 Å². The Bertz CT molecular complexity index is 717. The first-order chi connectivity index (χ1) is 11.8. The summed E-state index contributed by atoms with van der Waals surface area (Å²) >= 11 is 0. The van der Waals surface area contributed by atoms with Crippen LogP contribution in [-0.4, -0.2) is 37.0 Å². The van der Waals surface area contributed by atoms with Crippen molar-refractivity contribution in [3.63, 3.8) is 0 Å². The van der Waals surface area contributed by atoms with E-state index in [4.69, 9.17) is 4.74 Å². The molecule has 4 rings (SSSR count). The van der Waals surface area contributed by atoms with Crippen molar-refractivity contribution < 1.29 is 9.53 Å². The maximum atomic E-state index is 12.4. The van der Waals surface area contributed by atoms with Crippen LogP contribution in [0.3, 0.4) is 0 Å². The molecular formula is C20H22N2O2. The molecule has 2 aliphatic heterocycles. The molecule has 4 nitrogen and oxygen atoms in total. The van der Waals surface area contributed by atoms with Crippen LogP contribution < -0.4 is 9.64 Å². The molecular weight excluding hydrogens is 300 g/mol. The third-order valence-corrected chi connectivity index (χ3v) is 4.82. The van der Waals surface area contributed by atoms with Gasteiger partial charge in [0.2, 0.25) is 5.91 Å². The number of hydrogen-bond acceptors (Lipinski definition) is 3. The highest BCUT2D eigenvalue weighted by Crippen LogP contribution is 2.27. The molecule has 0 aromatic heterocycles. The molecule has 1 atom stereocenters. The molecule has 124 valence electrons. The molecule has 1 unspecified atom stereocenters. The van der Waals surface area contributed by atoms with Gasteiger partial charge in [0.15, 0.2) is 0 Å². The summed E-state index contributed by atoms with van der Waals surface area (Å²) in [6.45, 7) is 4.26. The van der Waals surface area contributed by atoms with Crippen LogP contribution >= 0.6 is 0 Å². The van der Waals surface area contributed by atoms with E-state index in [1.807, 2.05) is 47.4 Å². The Morgan fingerprint density at radius 3 is 2.71 bits per heavy atom. The van der Waals surface area contributed by atoms with Gasteiger partial charge < -0.3 is 9.64 Å². The van der Waals surface area contributed by atoms with E-state index in [1.54, 1.807) is 0 Å². The molecule has 0 radical (unpaired) electrons. The van der Waals surface area contributed by atoms with Gasteiger partial charge in [0.05, 0.1) is 0 Å². The SMILES string of the molecule is O=C1CC(CN2CCOc3ccccc3C2)CN1c1ccccc1. The number of hydrogen-bond donors (Lipinski definition) is 0. The lowest BCUT2D eigenvalue weighted by molar-refractivity contribution is -0.117. The summed E-state index contributed by atoms with van der Waals surface area (Å²) < 4.78 is 5.84. The van der Waals surface area contributed by atoms with Crippen LogP contribution in [-0.2, 0) is 11.3 Å². The third kappa shape index (κ3) is 3.15. The number of fused-ring (bicyclic) bond motifs is 1. The maximum Gasteiger partial charge on any atom is 0.227 e. The molecule has 0 aliphatic carbocycles. The van der Waals surface area contributed by atoms with E-state index < -0.39 is 0 Å². The summed E-state index contributed by atoms with van der Waals surface area (Å²) in [6.07, 6.45) is 0.633. The Morgan fingerprint density at radius 2 is 1.83 bits per heavy atom. The normalized spacial score (nSPS) is 21.2. The van der Waals surface area contributed by atoms with E-state index in [9.17, 15) is 4.79 Å². The van der Waals surface area contributed by atoms with Crippen molar-refractivity contribution in [2.75, 3.05) is 31.1 Å². The van der Waals surface area contributed by atoms with Crippen molar-refractivity contribution in [3.05, 3.63) is 60.2 Å². The number of carbonyl (C=O) groups excluding carboxylic acids is 1. The van der Waals surface area contributed by atoms with Crippen molar-refractivity contribution in [2.24, 2.45) is 5.92 Å². The molecule has 24 heavy (non-hydrogen) atoms. The predicted molar refractivity (Wildman–Crippen MR) is 94.1 cm³/mol. The van der Waals surface area contributed by atoms with Crippen molar-refractivity contribution in [2.45, 2.75) is 13.0 Å². The zero-order valence-electron chi connectivity index (χ0n) is 13.7. The summed E-state index contributed by atoms with van der Waals surface area (Å²) in [5.41, 5.74) is 2.24. The van der Waals surface area contributed by atoms with Crippen LogP contribution in [0, 0.1) is 5.92 Å². The summed E-state index contributed by atoms with van der Waals surface area (Å²) in [5.74, 6) is 1.61. The van der Waals surface area contributed by atoms with Gasteiger partial charge in [-0.1, -0.05) is 36.4 Å². The molecule has 0 bridgehead atoms. The minimum absolute atomic E-state index is 0.234. The molecule has 4 heteroatoms. The summed E-state index contributed by atoms with van der Waals surface area (Å²) in [6, 6.07) is 18.2. The van der Waals surface area contributed by atoms with Crippen molar-refractivity contribution in [1.82, 2.24) is 4.90 Å². The fourth-order valence-corrected chi connectivity index (χ4v) is 3.66. The number of anilines is 1. The highest BCUT2D eigenvalue weighted by atomic mass is 16.5. The lowest BCUT2D eigenvalue weighted by atomic mass is 10.1. The predicted octanol–water partition coefficient (Wildman–Crippen LogP) is 2.93. The number of rotatable bonds is 3. The number of benzene rings is 2. The number of para-hydroxylation sites is 2. The number of amides is 1. The zero-order valence-corrected chi connectivity index (χ0v) is 13.7. The first kappa shape index (κ1) is 15.2. The molecule has 2 aromatic rings. The van der Waals surface area contributed by atoms with Crippen molar-refractivity contribution in [3.8, 4) is 5.75 Å². The quantitative estimate of drug-likeness (QED) is 0.871. The van der Waals surface area contributed by atoms with Crippen molar-refractivity contribution >= 4 is 11.6 Å². The molecule has 0 saturated carbocycles. The molecule has 1 fully saturated rings. The molecule has 2 heterocycles. The van der Waals surface area contributed by atoms with Gasteiger partial charge in [-0.2, -0.15) is 0 Å². The van der Waals surface area contributed by atoms with Gasteiger partial charge in [-0.3, -0.25) is 9.69 Å². The van der Waals surface area contributed by atoms with Gasteiger partial charge in [-0.15, -0.1) is 0 Å². The second kappa shape index (κ2) is 6.65. The van der Waals surface area contributed by atoms with Gasteiger partial charge in [-0.25, -0.2) is 0 Å². The third-order valence-electron chi connectivity index (χ3n) is 4.82. The van der Waals surface area contributed by atoms with Gasteiger partial charge in [-0.05, 0) is 24.1 Å². The highest BCUT2D eigenvalue weighted by Gasteiger charge is 2.32. The van der Waals surface area contributed by atoms with Gasteiger partial charge in [0, 0.05) is 43.9 Å². The molecule has 0 N–H and O–H groups in total. The van der Waals surface area contributed by atoms with E-state index in [-0.39, 0.29) is 5.91 Å².